The Kier molecular flexibility index (Phi) is 11.3. The molecule has 0 amide bonds. The number of hydrogen-bond acceptors (Lipinski definition) is 5. The van der Waals surface area contributed by atoms with Gasteiger partial charge < -0.3 is 9.64 Å². The largest absolute Gasteiger partial charge is 0.385 e. The lowest BCUT2D eigenvalue weighted by Crippen LogP contribution is -2.37. The summed E-state index contributed by atoms with van der Waals surface area (Å²) in [5, 5.41) is 1.48. The van der Waals surface area contributed by atoms with Crippen molar-refractivity contribution in [3.05, 3.63) is 130 Å². The van der Waals surface area contributed by atoms with Gasteiger partial charge in [0.05, 0.1) is 5.69 Å². The predicted octanol–water partition coefficient (Wildman–Crippen LogP) is 9.75. The third-order valence-corrected chi connectivity index (χ3v) is 10.7. The van der Waals surface area contributed by atoms with Gasteiger partial charge in [-0.1, -0.05) is 34.8 Å². The number of pyridine rings is 2. The van der Waals surface area contributed by atoms with Crippen molar-refractivity contribution in [2.75, 3.05) is 27.3 Å². The molecule has 47 heavy (non-hydrogen) atoms. The molecular weight excluding hydrogens is 761 g/mol. The topological polar surface area (TPSA) is 55.3 Å². The van der Waals surface area contributed by atoms with Gasteiger partial charge in [-0.15, -0.1) is 0 Å². The second-order valence-corrected chi connectivity index (χ2v) is 15.2. The molecule has 0 bridgehead atoms. The Labute approximate surface area is 304 Å². The minimum Gasteiger partial charge on any atom is -0.385 e. The highest BCUT2D eigenvalue weighted by molar-refractivity contribution is 9.10. The third kappa shape index (κ3) is 7.92. The van der Waals surface area contributed by atoms with E-state index in [1.807, 2.05) is 24.4 Å². The number of benzene rings is 2. The summed E-state index contributed by atoms with van der Waals surface area (Å²) in [6.45, 7) is 1.92. The molecule has 0 radical (unpaired) electrons. The zero-order valence-corrected chi connectivity index (χ0v) is 31.3. The van der Waals surface area contributed by atoms with Crippen LogP contribution in [0.2, 0.25) is 10.0 Å². The molecule has 2 aromatic heterocycles. The van der Waals surface area contributed by atoms with Crippen LogP contribution in [-0.2, 0) is 30.4 Å². The number of carbonyl (C=O) groups is 1. The molecule has 7 rings (SSSR count). The number of carbonyl (C=O) groups excluding carboxylic acids is 1. The number of rotatable bonds is 4. The Balaban J connectivity index is 0.000000183. The van der Waals surface area contributed by atoms with E-state index >= 15 is 0 Å². The van der Waals surface area contributed by atoms with Gasteiger partial charge in [0.15, 0.2) is 0 Å². The van der Waals surface area contributed by atoms with Gasteiger partial charge in [0.1, 0.15) is 5.69 Å². The predicted molar refractivity (Wildman–Crippen MR) is 198 cm³/mol. The van der Waals surface area contributed by atoms with Crippen molar-refractivity contribution in [1.29, 1.82) is 0 Å². The summed E-state index contributed by atoms with van der Waals surface area (Å²) in [5.41, 5.74) is 11.3. The van der Waals surface area contributed by atoms with Crippen LogP contribution in [0, 0.1) is 0 Å². The van der Waals surface area contributed by atoms with E-state index in [1.165, 1.54) is 27.8 Å². The summed E-state index contributed by atoms with van der Waals surface area (Å²) in [5.74, 6) is -0.0123. The third-order valence-electron chi connectivity index (χ3n) is 9.41. The van der Waals surface area contributed by atoms with Gasteiger partial charge in [0.2, 0.25) is 5.78 Å². The molecule has 0 N–H and O–H groups in total. The molecule has 3 heterocycles. The molecular formula is C38H37Br2Cl2N3O2. The van der Waals surface area contributed by atoms with Crippen molar-refractivity contribution in [2.45, 2.75) is 57.4 Å². The normalized spacial score (nSPS) is 18.9. The molecule has 3 aliphatic rings. The first-order valence-electron chi connectivity index (χ1n) is 16.0. The van der Waals surface area contributed by atoms with Gasteiger partial charge in [-0.25, -0.2) is 0 Å². The summed E-state index contributed by atoms with van der Waals surface area (Å²) in [4.78, 5) is 24.1. The Morgan fingerprint density at radius 1 is 0.809 bits per heavy atom. The summed E-state index contributed by atoms with van der Waals surface area (Å²) in [6, 6.07) is 16.5. The van der Waals surface area contributed by atoms with E-state index in [2.05, 4.69) is 67.0 Å². The minimum absolute atomic E-state index is 0.0123. The minimum atomic E-state index is -0.0123. The molecule has 0 spiro atoms. The second-order valence-electron chi connectivity index (χ2n) is 12.5. The van der Waals surface area contributed by atoms with Crippen LogP contribution in [0.5, 0.6) is 0 Å². The highest BCUT2D eigenvalue weighted by atomic mass is 79.9. The van der Waals surface area contributed by atoms with E-state index < -0.39 is 0 Å². The fourth-order valence-electron chi connectivity index (χ4n) is 6.98. The van der Waals surface area contributed by atoms with Gasteiger partial charge in [-0.05, 0) is 161 Å². The lowest BCUT2D eigenvalue weighted by Gasteiger charge is -2.35. The Bertz CT molecular complexity index is 1730. The zero-order valence-electron chi connectivity index (χ0n) is 26.6. The molecule has 1 saturated heterocycles. The van der Waals surface area contributed by atoms with Crippen molar-refractivity contribution in [2.24, 2.45) is 0 Å². The lowest BCUT2D eigenvalue weighted by atomic mass is 9.85. The van der Waals surface area contributed by atoms with Crippen LogP contribution in [0.15, 0.2) is 75.4 Å². The average Bonchev–Trinajstić information content (AvgIpc) is 3.29. The van der Waals surface area contributed by atoms with E-state index in [-0.39, 0.29) is 5.78 Å². The summed E-state index contributed by atoms with van der Waals surface area (Å²) in [6.07, 6.45) is 11.6. The van der Waals surface area contributed by atoms with Crippen LogP contribution in [0.25, 0.3) is 5.57 Å². The van der Waals surface area contributed by atoms with Crippen molar-refractivity contribution < 1.29 is 9.53 Å². The first-order chi connectivity index (χ1) is 22.7. The van der Waals surface area contributed by atoms with Gasteiger partial charge in [0, 0.05) is 68.8 Å². The van der Waals surface area contributed by atoms with E-state index in [0.29, 0.717) is 22.3 Å². The lowest BCUT2D eigenvalue weighted by molar-refractivity contribution is 0.103. The first kappa shape index (κ1) is 34.5. The molecule has 9 heteroatoms. The van der Waals surface area contributed by atoms with E-state index in [0.717, 1.165) is 95.3 Å². The van der Waals surface area contributed by atoms with Crippen LogP contribution >= 0.6 is 55.1 Å². The highest BCUT2D eigenvalue weighted by Gasteiger charge is 2.28. The Morgan fingerprint density at radius 2 is 1.38 bits per heavy atom. The molecule has 5 nitrogen and oxygen atoms in total. The second kappa shape index (κ2) is 15.4. The number of ketones is 1. The smallest absolute Gasteiger partial charge is 0.211 e. The molecule has 0 saturated carbocycles. The number of aromatic nitrogens is 2. The highest BCUT2D eigenvalue weighted by Crippen LogP contribution is 2.40. The number of nitrogens with zero attached hydrogens (tertiary/aromatic N) is 3. The number of aryl methyl sites for hydroxylation is 4. The van der Waals surface area contributed by atoms with Crippen molar-refractivity contribution in [3.63, 3.8) is 0 Å². The maximum absolute atomic E-state index is 12.4. The number of piperidine rings is 1. The van der Waals surface area contributed by atoms with Gasteiger partial charge >= 0.3 is 0 Å². The number of methoxy groups -OCH3 is 1. The van der Waals surface area contributed by atoms with Crippen LogP contribution in [-0.4, -0.2) is 54.0 Å². The molecule has 1 aliphatic heterocycles. The Hall–Kier alpha value is -2.39. The SMILES string of the molecule is COCCC[C@H]1C/C(=C2/c3ccc(Cl)cc3CCc3cc(Br)cnc32)CCN1C.O=C1c2ccc(Cl)cc2CCc2cc(Br)cnc21. The number of ether oxygens (including phenoxy) is 1. The quantitative estimate of drug-likeness (QED) is 0.193. The molecule has 1 atom stereocenters. The first-order valence-corrected chi connectivity index (χ1v) is 18.4. The Morgan fingerprint density at radius 3 is 2.04 bits per heavy atom. The number of hydrogen-bond donors (Lipinski definition) is 0. The molecule has 1 fully saturated rings. The van der Waals surface area contributed by atoms with Crippen LogP contribution in [0.4, 0.5) is 0 Å². The maximum atomic E-state index is 12.4. The maximum Gasteiger partial charge on any atom is 0.211 e. The standard InChI is InChI=1S/C24H28BrClN2O.C14H9BrClNO/c1-28-10-9-17(14-21(28)4-3-11-29-2)23-22-8-7-20(26)13-16(22)5-6-18-12-19(25)15-27-24(18)23;15-10-5-9-2-1-8-6-11(16)3-4-12(8)14(18)13(9)17-7-10/h7-8,12-13,15,21H,3-6,9-11,14H2,1-2H3;3-7H,1-2H2/b23-17-;/t21-;/m0./s1. The van der Waals surface area contributed by atoms with Gasteiger partial charge in [0.25, 0.3) is 0 Å². The fraction of sp³-hybridized carbons (Fsp3) is 0.342. The molecule has 244 valence electrons. The monoisotopic (exact) mass is 795 g/mol. The van der Waals surface area contributed by atoms with Crippen LogP contribution in [0.3, 0.4) is 0 Å². The zero-order chi connectivity index (χ0) is 33.1. The molecule has 4 aromatic rings. The van der Waals surface area contributed by atoms with E-state index in [4.69, 9.17) is 32.9 Å². The number of likely N-dealkylation sites (tertiary alicyclic amines) is 1. The number of fused-ring (bicyclic) bond motifs is 4. The molecule has 2 aliphatic carbocycles. The van der Waals surface area contributed by atoms with Crippen LogP contribution < -0.4 is 0 Å². The molecule has 0 unspecified atom stereocenters. The summed E-state index contributed by atoms with van der Waals surface area (Å²) < 4.78 is 7.23. The van der Waals surface area contributed by atoms with Crippen molar-refractivity contribution >= 4 is 66.4 Å². The fourth-order valence-corrected chi connectivity index (χ4v) is 8.12. The van der Waals surface area contributed by atoms with E-state index in [9.17, 15) is 4.79 Å². The van der Waals surface area contributed by atoms with E-state index in [1.54, 1.807) is 25.4 Å². The van der Waals surface area contributed by atoms with Crippen molar-refractivity contribution in [3.8, 4) is 0 Å². The number of halogens is 4. The summed E-state index contributed by atoms with van der Waals surface area (Å²) in [7, 11) is 4.04. The average molecular weight is 798 g/mol. The summed E-state index contributed by atoms with van der Waals surface area (Å²) >= 11 is 19.3. The van der Waals surface area contributed by atoms with Crippen LogP contribution in [0.1, 0.15) is 75.2 Å². The molecule has 2 aromatic carbocycles. The van der Waals surface area contributed by atoms with Gasteiger partial charge in [-0.3, -0.25) is 14.8 Å². The van der Waals surface area contributed by atoms with Gasteiger partial charge in [-0.2, -0.15) is 0 Å². The van der Waals surface area contributed by atoms with Crippen molar-refractivity contribution in [1.82, 2.24) is 14.9 Å².